The van der Waals surface area contributed by atoms with E-state index in [4.69, 9.17) is 9.47 Å². The third-order valence-electron chi connectivity index (χ3n) is 4.39. The molecule has 2 N–H and O–H groups in total. The van der Waals surface area contributed by atoms with Crippen molar-refractivity contribution in [2.75, 3.05) is 25.1 Å². The summed E-state index contributed by atoms with van der Waals surface area (Å²) in [7, 11) is 1.58. The van der Waals surface area contributed by atoms with Crippen molar-refractivity contribution in [3.8, 4) is 5.75 Å². The molecule has 9 nitrogen and oxygen atoms in total. The van der Waals surface area contributed by atoms with Gasteiger partial charge in [-0.1, -0.05) is 18.2 Å². The van der Waals surface area contributed by atoms with Crippen LogP contribution in [-0.2, 0) is 18.3 Å². The Morgan fingerprint density at radius 1 is 1.17 bits per heavy atom. The van der Waals surface area contributed by atoms with Crippen LogP contribution in [0.2, 0.25) is 0 Å². The third kappa shape index (κ3) is 5.05. The molecule has 0 atom stereocenters. The minimum absolute atomic E-state index is 0.183. The van der Waals surface area contributed by atoms with Gasteiger partial charge in [0.15, 0.2) is 11.2 Å². The molecule has 2 heterocycles. The number of nitrogens with zero attached hydrogens (tertiary/aromatic N) is 3. The Morgan fingerprint density at radius 3 is 2.66 bits per heavy atom. The van der Waals surface area contributed by atoms with Crippen LogP contribution in [0, 0.1) is 0 Å². The number of hydrogen-bond acceptors (Lipinski definition) is 6. The van der Waals surface area contributed by atoms with Crippen LogP contribution in [0.15, 0.2) is 39.9 Å². The second-order valence-electron chi connectivity index (χ2n) is 6.94. The highest BCUT2D eigenvalue weighted by atomic mass is 16.5. The Morgan fingerprint density at radius 2 is 1.93 bits per heavy atom. The highest BCUT2D eigenvalue weighted by Crippen LogP contribution is 2.16. The molecule has 3 rings (SSSR count). The van der Waals surface area contributed by atoms with E-state index in [1.54, 1.807) is 11.6 Å². The van der Waals surface area contributed by atoms with Gasteiger partial charge in [-0.3, -0.25) is 14.3 Å². The van der Waals surface area contributed by atoms with Gasteiger partial charge in [-0.2, -0.15) is 4.98 Å². The average molecular weight is 401 g/mol. The van der Waals surface area contributed by atoms with Gasteiger partial charge in [0.1, 0.15) is 12.4 Å². The molecule has 0 spiro atoms. The predicted molar refractivity (Wildman–Crippen MR) is 112 cm³/mol. The first-order valence-corrected chi connectivity index (χ1v) is 9.70. The Labute approximate surface area is 168 Å². The molecule has 0 aliphatic heterocycles. The van der Waals surface area contributed by atoms with E-state index in [1.807, 2.05) is 44.2 Å². The molecule has 1 aromatic carbocycles. The van der Waals surface area contributed by atoms with Gasteiger partial charge in [0.25, 0.3) is 5.56 Å². The zero-order valence-corrected chi connectivity index (χ0v) is 17.0. The van der Waals surface area contributed by atoms with E-state index in [9.17, 15) is 9.59 Å². The maximum absolute atomic E-state index is 12.5. The Balaban J connectivity index is 1.80. The van der Waals surface area contributed by atoms with Crippen molar-refractivity contribution in [3.05, 3.63) is 51.2 Å². The minimum Gasteiger partial charge on any atom is -0.492 e. The standard InChI is InChI=1S/C20H27N5O4/c1-14(2)28-12-7-10-21-19-22-17-16(18(26)23-20(27)24(17)3)25(19)11-13-29-15-8-5-4-6-9-15/h4-6,8-9,14H,7,10-13H2,1-3H3,(H,21,22)(H,23,26,27). The van der Waals surface area contributed by atoms with E-state index in [-0.39, 0.29) is 6.10 Å². The van der Waals surface area contributed by atoms with Gasteiger partial charge >= 0.3 is 5.69 Å². The summed E-state index contributed by atoms with van der Waals surface area (Å²) in [6, 6.07) is 9.46. The van der Waals surface area contributed by atoms with Crippen LogP contribution in [0.4, 0.5) is 5.95 Å². The zero-order valence-electron chi connectivity index (χ0n) is 17.0. The lowest BCUT2D eigenvalue weighted by Crippen LogP contribution is -2.29. The number of aromatic amines is 1. The third-order valence-corrected chi connectivity index (χ3v) is 4.39. The largest absolute Gasteiger partial charge is 0.492 e. The summed E-state index contributed by atoms with van der Waals surface area (Å²) in [5.74, 6) is 1.27. The molecule has 9 heteroatoms. The summed E-state index contributed by atoms with van der Waals surface area (Å²) in [5.41, 5.74) is -0.292. The van der Waals surface area contributed by atoms with Gasteiger partial charge in [0.2, 0.25) is 5.95 Å². The number of rotatable bonds is 10. The lowest BCUT2D eigenvalue weighted by molar-refractivity contribution is 0.0787. The topological polar surface area (TPSA) is 103 Å². The van der Waals surface area contributed by atoms with E-state index in [1.165, 1.54) is 4.57 Å². The number of nitrogens with one attached hydrogen (secondary N) is 2. The van der Waals surface area contributed by atoms with E-state index < -0.39 is 11.2 Å². The number of benzene rings is 1. The molecule has 3 aromatic rings. The van der Waals surface area contributed by atoms with Gasteiger partial charge in [-0.25, -0.2) is 4.79 Å². The van der Waals surface area contributed by atoms with Crippen LogP contribution in [0.1, 0.15) is 20.3 Å². The van der Waals surface area contributed by atoms with E-state index >= 15 is 0 Å². The lowest BCUT2D eigenvalue weighted by atomic mass is 10.3. The summed E-state index contributed by atoms with van der Waals surface area (Å²) in [6.07, 6.45) is 0.972. The number of para-hydroxylation sites is 1. The average Bonchev–Trinajstić information content (AvgIpc) is 3.06. The number of fused-ring (bicyclic) bond motifs is 1. The SMILES string of the molecule is CC(C)OCCCNc1nc2c(c(=O)[nH]c(=O)n2C)n1CCOc1ccccc1. The van der Waals surface area contributed by atoms with Gasteiger partial charge in [0, 0.05) is 20.2 Å². The number of aromatic nitrogens is 4. The van der Waals surface area contributed by atoms with Crippen molar-refractivity contribution in [1.29, 1.82) is 0 Å². The Kier molecular flexibility index (Phi) is 6.71. The molecule has 0 aliphatic rings. The Bertz CT molecular complexity index is 1050. The van der Waals surface area contributed by atoms with Crippen molar-refractivity contribution in [2.45, 2.75) is 32.9 Å². The molecule has 0 bridgehead atoms. The monoisotopic (exact) mass is 401 g/mol. The van der Waals surface area contributed by atoms with Gasteiger partial charge in [0.05, 0.1) is 12.6 Å². The van der Waals surface area contributed by atoms with Crippen LogP contribution in [-0.4, -0.2) is 45.0 Å². The van der Waals surface area contributed by atoms with E-state index in [2.05, 4.69) is 15.3 Å². The minimum atomic E-state index is -0.496. The van der Waals surface area contributed by atoms with Gasteiger partial charge in [-0.05, 0) is 32.4 Å². The summed E-state index contributed by atoms with van der Waals surface area (Å²) in [5, 5.41) is 3.25. The van der Waals surface area contributed by atoms with Gasteiger partial charge in [-0.15, -0.1) is 0 Å². The molecule has 0 amide bonds. The van der Waals surface area contributed by atoms with Crippen LogP contribution in [0.25, 0.3) is 11.2 Å². The predicted octanol–water partition coefficient (Wildman–Crippen LogP) is 1.73. The molecule has 0 saturated carbocycles. The first-order valence-electron chi connectivity index (χ1n) is 9.70. The van der Waals surface area contributed by atoms with Crippen molar-refractivity contribution < 1.29 is 9.47 Å². The molecule has 0 radical (unpaired) electrons. The molecular weight excluding hydrogens is 374 g/mol. The van der Waals surface area contributed by atoms with E-state index in [0.29, 0.717) is 43.4 Å². The quantitative estimate of drug-likeness (QED) is 0.502. The summed E-state index contributed by atoms with van der Waals surface area (Å²) in [4.78, 5) is 31.2. The molecule has 0 fully saturated rings. The Hall–Kier alpha value is -3.07. The van der Waals surface area contributed by atoms with E-state index in [0.717, 1.165) is 12.2 Å². The first kappa shape index (κ1) is 20.7. The molecule has 0 unspecified atom stereocenters. The second kappa shape index (κ2) is 9.42. The van der Waals surface area contributed by atoms with Crippen molar-refractivity contribution in [3.63, 3.8) is 0 Å². The number of hydrogen-bond donors (Lipinski definition) is 2. The molecule has 156 valence electrons. The highest BCUT2D eigenvalue weighted by Gasteiger charge is 2.17. The molecule has 29 heavy (non-hydrogen) atoms. The van der Waals surface area contributed by atoms with Gasteiger partial charge < -0.3 is 19.4 Å². The maximum Gasteiger partial charge on any atom is 0.329 e. The second-order valence-corrected chi connectivity index (χ2v) is 6.94. The smallest absolute Gasteiger partial charge is 0.329 e. The molecule has 0 aliphatic carbocycles. The van der Waals surface area contributed by atoms with Crippen LogP contribution in [0.5, 0.6) is 5.75 Å². The summed E-state index contributed by atoms with van der Waals surface area (Å²) < 4.78 is 14.4. The first-order chi connectivity index (χ1) is 14.0. The number of H-pyrrole nitrogens is 1. The zero-order chi connectivity index (χ0) is 20.8. The number of ether oxygens (including phenoxy) is 2. The molecule has 0 saturated heterocycles. The molecular formula is C20H27N5O4. The number of imidazole rings is 1. The van der Waals surface area contributed by atoms with Crippen molar-refractivity contribution in [1.82, 2.24) is 19.1 Å². The highest BCUT2D eigenvalue weighted by molar-refractivity contribution is 5.74. The fourth-order valence-electron chi connectivity index (χ4n) is 2.95. The van der Waals surface area contributed by atoms with Crippen molar-refractivity contribution in [2.24, 2.45) is 7.05 Å². The number of aryl methyl sites for hydroxylation is 1. The van der Waals surface area contributed by atoms with Crippen LogP contribution in [0.3, 0.4) is 0 Å². The lowest BCUT2D eigenvalue weighted by Gasteiger charge is -2.12. The maximum atomic E-state index is 12.5. The fourth-order valence-corrected chi connectivity index (χ4v) is 2.95. The summed E-state index contributed by atoms with van der Waals surface area (Å²) in [6.45, 7) is 5.99. The number of anilines is 1. The van der Waals surface area contributed by atoms with Crippen LogP contribution >= 0.6 is 0 Å². The summed E-state index contributed by atoms with van der Waals surface area (Å²) >= 11 is 0. The van der Waals surface area contributed by atoms with Crippen LogP contribution < -0.4 is 21.3 Å². The fraction of sp³-hybridized carbons (Fsp3) is 0.450. The normalized spacial score (nSPS) is 11.3. The molecule has 2 aromatic heterocycles. The van der Waals surface area contributed by atoms with Crippen molar-refractivity contribution >= 4 is 17.1 Å².